The monoisotopic (exact) mass is 361 g/mol. The average Bonchev–Trinajstić information content (AvgIpc) is 2.70. The molecule has 5 nitrogen and oxygen atoms in total. The fourth-order valence-electron chi connectivity index (χ4n) is 3.65. The van der Waals surface area contributed by atoms with E-state index in [2.05, 4.69) is 62.6 Å². The first-order valence-electron chi connectivity index (χ1n) is 9.73. The number of nitrogens with one attached hydrogen (secondary N) is 1. The second-order valence-electron chi connectivity index (χ2n) is 7.19. The minimum absolute atomic E-state index is 0.918. The summed E-state index contributed by atoms with van der Waals surface area (Å²) < 4.78 is 0. The van der Waals surface area contributed by atoms with Gasteiger partial charge in [0.25, 0.3) is 0 Å². The van der Waals surface area contributed by atoms with E-state index in [-0.39, 0.29) is 0 Å². The molecule has 1 saturated heterocycles. The summed E-state index contributed by atoms with van der Waals surface area (Å²) in [5.41, 5.74) is 3.43. The van der Waals surface area contributed by atoms with Crippen LogP contribution in [0.5, 0.6) is 0 Å². The molecule has 0 atom stereocenters. The predicted octanol–water partition coefficient (Wildman–Crippen LogP) is 3.17. The largest absolute Gasteiger partial charge is 0.369 e. The van der Waals surface area contributed by atoms with Gasteiger partial charge in [0.1, 0.15) is 5.82 Å². The van der Waals surface area contributed by atoms with Crippen molar-refractivity contribution < 1.29 is 0 Å². The van der Waals surface area contributed by atoms with Gasteiger partial charge in [0.2, 0.25) is 0 Å². The first kappa shape index (κ1) is 17.9. The first-order chi connectivity index (χ1) is 13.3. The summed E-state index contributed by atoms with van der Waals surface area (Å²) >= 11 is 0. The van der Waals surface area contributed by atoms with Gasteiger partial charge in [0, 0.05) is 63.1 Å². The number of piperazine rings is 1. The van der Waals surface area contributed by atoms with Gasteiger partial charge < -0.3 is 5.32 Å². The number of benzene rings is 1. The van der Waals surface area contributed by atoms with Crippen molar-refractivity contribution in [2.24, 2.45) is 0 Å². The van der Waals surface area contributed by atoms with E-state index in [1.54, 1.807) is 0 Å². The van der Waals surface area contributed by atoms with Crippen LogP contribution in [0.4, 0.5) is 5.82 Å². The molecule has 140 valence electrons. The Labute approximate surface area is 161 Å². The molecule has 0 aliphatic carbocycles. The van der Waals surface area contributed by atoms with Crippen molar-refractivity contribution in [3.05, 3.63) is 66.0 Å². The molecule has 3 aromatic rings. The molecular weight excluding hydrogens is 334 g/mol. The zero-order valence-electron chi connectivity index (χ0n) is 15.9. The maximum absolute atomic E-state index is 4.70. The molecule has 0 saturated carbocycles. The summed E-state index contributed by atoms with van der Waals surface area (Å²) in [6, 6.07) is 16.9. The zero-order chi connectivity index (χ0) is 18.5. The van der Waals surface area contributed by atoms with Gasteiger partial charge in [-0.1, -0.05) is 30.3 Å². The van der Waals surface area contributed by atoms with E-state index in [1.165, 1.54) is 5.56 Å². The molecule has 27 heavy (non-hydrogen) atoms. The maximum Gasteiger partial charge on any atom is 0.126 e. The summed E-state index contributed by atoms with van der Waals surface area (Å²) in [7, 11) is 0. The minimum atomic E-state index is 0.918. The number of pyridine rings is 2. The van der Waals surface area contributed by atoms with Gasteiger partial charge in [0.15, 0.2) is 0 Å². The molecule has 2 aromatic heterocycles. The highest BCUT2D eigenvalue weighted by molar-refractivity contribution is 5.81. The molecule has 1 aliphatic heterocycles. The number of aromatic nitrogens is 2. The van der Waals surface area contributed by atoms with Gasteiger partial charge in [-0.2, -0.15) is 0 Å². The van der Waals surface area contributed by atoms with Crippen LogP contribution in [0.1, 0.15) is 11.3 Å². The highest BCUT2D eigenvalue weighted by Crippen LogP contribution is 2.17. The maximum atomic E-state index is 4.70. The van der Waals surface area contributed by atoms with E-state index < -0.39 is 0 Å². The topological polar surface area (TPSA) is 44.3 Å². The molecule has 1 aliphatic rings. The van der Waals surface area contributed by atoms with Crippen molar-refractivity contribution in [3.63, 3.8) is 0 Å². The van der Waals surface area contributed by atoms with Crippen LogP contribution in [0.2, 0.25) is 0 Å². The van der Waals surface area contributed by atoms with E-state index in [0.29, 0.717) is 0 Å². The summed E-state index contributed by atoms with van der Waals surface area (Å²) in [6.45, 7) is 9.58. The van der Waals surface area contributed by atoms with E-state index in [0.717, 1.165) is 68.2 Å². The number of hydrogen-bond donors (Lipinski definition) is 1. The Hall–Kier alpha value is -2.50. The van der Waals surface area contributed by atoms with Crippen LogP contribution < -0.4 is 5.32 Å². The predicted molar refractivity (Wildman–Crippen MR) is 111 cm³/mol. The van der Waals surface area contributed by atoms with Crippen molar-refractivity contribution in [2.45, 2.75) is 13.5 Å². The lowest BCUT2D eigenvalue weighted by molar-refractivity contribution is 0.130. The standard InChI is InChI=1S/C22H27N5/c1-18-20-7-8-22(25-21(20)9-10-23-18)24-11-12-26-13-15-27(16-14-26)17-19-5-3-2-4-6-19/h2-10H,11-17H2,1H3,(H,24,25). The molecular formula is C22H27N5. The quantitative estimate of drug-likeness (QED) is 0.731. The number of anilines is 1. The summed E-state index contributed by atoms with van der Waals surface area (Å²) in [5.74, 6) is 0.941. The number of nitrogens with zero attached hydrogens (tertiary/aromatic N) is 4. The number of rotatable bonds is 6. The fraction of sp³-hybridized carbons (Fsp3) is 0.364. The molecule has 1 aromatic carbocycles. The molecule has 0 amide bonds. The van der Waals surface area contributed by atoms with Crippen molar-refractivity contribution in [3.8, 4) is 0 Å². The smallest absolute Gasteiger partial charge is 0.126 e. The van der Waals surface area contributed by atoms with Gasteiger partial charge in [-0.25, -0.2) is 4.98 Å². The molecule has 1 N–H and O–H groups in total. The molecule has 0 spiro atoms. The van der Waals surface area contributed by atoms with Crippen LogP contribution in [0.3, 0.4) is 0 Å². The summed E-state index contributed by atoms with van der Waals surface area (Å²) in [4.78, 5) is 14.1. The Morgan fingerprint density at radius 2 is 1.70 bits per heavy atom. The highest BCUT2D eigenvalue weighted by atomic mass is 15.3. The number of aryl methyl sites for hydroxylation is 1. The van der Waals surface area contributed by atoms with Crippen molar-refractivity contribution in [1.82, 2.24) is 19.8 Å². The summed E-state index contributed by atoms with van der Waals surface area (Å²) in [5, 5.41) is 4.59. The van der Waals surface area contributed by atoms with Gasteiger partial charge >= 0.3 is 0 Å². The van der Waals surface area contributed by atoms with Crippen molar-refractivity contribution in [1.29, 1.82) is 0 Å². The molecule has 5 heteroatoms. The minimum Gasteiger partial charge on any atom is -0.369 e. The third-order valence-corrected chi connectivity index (χ3v) is 5.26. The third kappa shape index (κ3) is 4.62. The van der Waals surface area contributed by atoms with E-state index in [9.17, 15) is 0 Å². The lowest BCUT2D eigenvalue weighted by atomic mass is 10.2. The molecule has 3 heterocycles. The fourth-order valence-corrected chi connectivity index (χ4v) is 3.65. The molecule has 0 radical (unpaired) electrons. The number of hydrogen-bond acceptors (Lipinski definition) is 5. The SMILES string of the molecule is Cc1nccc2nc(NCCN3CCN(Cc4ccccc4)CC3)ccc12. The normalized spacial score (nSPS) is 15.9. The van der Waals surface area contributed by atoms with Crippen LogP contribution in [0.15, 0.2) is 54.7 Å². The zero-order valence-corrected chi connectivity index (χ0v) is 15.9. The van der Waals surface area contributed by atoms with Crippen LogP contribution >= 0.6 is 0 Å². The first-order valence-corrected chi connectivity index (χ1v) is 9.73. The Morgan fingerprint density at radius 1 is 0.926 bits per heavy atom. The van der Waals surface area contributed by atoms with E-state index >= 15 is 0 Å². The van der Waals surface area contributed by atoms with Gasteiger partial charge in [0.05, 0.1) is 5.52 Å². The van der Waals surface area contributed by atoms with Crippen LogP contribution in [-0.2, 0) is 6.54 Å². The third-order valence-electron chi connectivity index (χ3n) is 5.26. The van der Waals surface area contributed by atoms with Crippen LogP contribution in [0.25, 0.3) is 10.9 Å². The van der Waals surface area contributed by atoms with Crippen LogP contribution in [0, 0.1) is 6.92 Å². The molecule has 4 rings (SSSR count). The second kappa shape index (κ2) is 8.46. The Bertz CT molecular complexity index is 872. The Balaban J connectivity index is 1.22. The van der Waals surface area contributed by atoms with E-state index in [4.69, 9.17) is 4.98 Å². The van der Waals surface area contributed by atoms with Gasteiger partial charge in [-0.15, -0.1) is 0 Å². The molecule has 1 fully saturated rings. The molecule has 0 bridgehead atoms. The van der Waals surface area contributed by atoms with Crippen LogP contribution in [-0.4, -0.2) is 59.0 Å². The Kier molecular flexibility index (Phi) is 5.61. The van der Waals surface area contributed by atoms with Crippen molar-refractivity contribution >= 4 is 16.7 Å². The molecule has 0 unspecified atom stereocenters. The van der Waals surface area contributed by atoms with Gasteiger partial charge in [-0.05, 0) is 30.7 Å². The second-order valence-corrected chi connectivity index (χ2v) is 7.19. The van der Waals surface area contributed by atoms with Crippen molar-refractivity contribution in [2.75, 3.05) is 44.6 Å². The lowest BCUT2D eigenvalue weighted by Gasteiger charge is -2.34. The van der Waals surface area contributed by atoms with E-state index in [1.807, 2.05) is 19.2 Å². The lowest BCUT2D eigenvalue weighted by Crippen LogP contribution is -2.47. The average molecular weight is 361 g/mol. The number of fused-ring (bicyclic) bond motifs is 1. The Morgan fingerprint density at radius 3 is 2.52 bits per heavy atom. The van der Waals surface area contributed by atoms with Gasteiger partial charge in [-0.3, -0.25) is 14.8 Å². The highest BCUT2D eigenvalue weighted by Gasteiger charge is 2.16. The summed E-state index contributed by atoms with van der Waals surface area (Å²) in [6.07, 6.45) is 1.82.